The summed E-state index contributed by atoms with van der Waals surface area (Å²) in [5.41, 5.74) is 13.3. The lowest BCUT2D eigenvalue weighted by Crippen LogP contribution is -2.03. The second-order valence-corrected chi connectivity index (χ2v) is 4.69. The van der Waals surface area contributed by atoms with Gasteiger partial charge in [-0.05, 0) is 24.6 Å². The highest BCUT2D eigenvalue weighted by atomic mass is 15.0. The van der Waals surface area contributed by atoms with Gasteiger partial charge in [0.15, 0.2) is 0 Å². The fraction of sp³-hybridized carbons (Fsp3) is 0.429. The fourth-order valence-corrected chi connectivity index (χ4v) is 2.07. The summed E-state index contributed by atoms with van der Waals surface area (Å²) in [4.78, 5) is 8.14. The molecule has 0 aliphatic carbocycles. The van der Waals surface area contributed by atoms with Crippen LogP contribution in [0.5, 0.6) is 0 Å². The number of unbranched alkanes of at least 4 members (excludes halogenated alkanes) is 3. The average molecular weight is 259 g/mol. The molecule has 102 valence electrons. The van der Waals surface area contributed by atoms with Gasteiger partial charge in [0.2, 0.25) is 5.95 Å². The molecule has 5 heteroatoms. The molecule has 0 saturated heterocycles. The molecule has 0 spiro atoms. The minimum atomic E-state index is 0.213. The molecule has 2 aromatic rings. The Balaban J connectivity index is 2.05. The van der Waals surface area contributed by atoms with Crippen LogP contribution in [0.1, 0.15) is 32.6 Å². The van der Waals surface area contributed by atoms with Gasteiger partial charge < -0.3 is 16.8 Å². The van der Waals surface area contributed by atoms with E-state index in [1.54, 1.807) is 0 Å². The van der Waals surface area contributed by atoms with E-state index >= 15 is 0 Å². The number of rotatable bonds is 6. The predicted octanol–water partition coefficient (Wildman–Crippen LogP) is 2.79. The number of benzene rings is 1. The molecular weight excluding hydrogens is 238 g/mol. The molecule has 5 N–H and O–H groups in total. The zero-order valence-electron chi connectivity index (χ0n) is 11.3. The third-order valence-corrected chi connectivity index (χ3v) is 3.10. The summed E-state index contributed by atoms with van der Waals surface area (Å²) in [6.07, 6.45) is 4.99. The second kappa shape index (κ2) is 6.22. The molecule has 0 saturated carbocycles. The van der Waals surface area contributed by atoms with Crippen molar-refractivity contribution < 1.29 is 0 Å². The van der Waals surface area contributed by atoms with Gasteiger partial charge in [-0.2, -0.15) is 4.98 Å². The predicted molar refractivity (Wildman–Crippen MR) is 81.0 cm³/mol. The van der Waals surface area contributed by atoms with Gasteiger partial charge in [-0.1, -0.05) is 26.2 Å². The first-order chi connectivity index (χ1) is 9.20. The number of fused-ring (bicyclic) bond motifs is 1. The molecular formula is C14H21N5. The van der Waals surface area contributed by atoms with Crippen LogP contribution < -0.4 is 16.8 Å². The van der Waals surface area contributed by atoms with E-state index in [9.17, 15) is 0 Å². The number of nitrogens with zero attached hydrogens (tertiary/aromatic N) is 2. The van der Waals surface area contributed by atoms with Gasteiger partial charge in [-0.3, -0.25) is 0 Å². The molecule has 0 aliphatic rings. The van der Waals surface area contributed by atoms with Crippen LogP contribution in [0.4, 0.5) is 17.5 Å². The fourth-order valence-electron chi connectivity index (χ4n) is 2.07. The number of hydrogen-bond acceptors (Lipinski definition) is 5. The van der Waals surface area contributed by atoms with Crippen LogP contribution in [0.25, 0.3) is 10.9 Å². The number of nitrogen functional groups attached to an aromatic ring is 2. The molecule has 0 fully saturated rings. The Hall–Kier alpha value is -2.04. The van der Waals surface area contributed by atoms with Crippen LogP contribution >= 0.6 is 0 Å². The van der Waals surface area contributed by atoms with E-state index in [4.69, 9.17) is 11.5 Å². The Labute approximate surface area is 113 Å². The zero-order valence-corrected chi connectivity index (χ0v) is 11.3. The second-order valence-electron chi connectivity index (χ2n) is 4.69. The van der Waals surface area contributed by atoms with Gasteiger partial charge in [-0.15, -0.1) is 0 Å². The molecule has 0 amide bonds. The first-order valence-corrected chi connectivity index (χ1v) is 6.77. The average Bonchev–Trinajstić information content (AvgIpc) is 2.39. The molecule has 1 aromatic carbocycles. The maximum Gasteiger partial charge on any atom is 0.222 e. The Morgan fingerprint density at radius 2 is 1.95 bits per heavy atom. The highest BCUT2D eigenvalue weighted by molar-refractivity contribution is 5.91. The van der Waals surface area contributed by atoms with Crippen molar-refractivity contribution in [2.24, 2.45) is 0 Å². The standard InChI is InChI=1S/C14H21N5/c1-2-3-4-5-8-17-10-6-7-12-11(9-10)13(15)19-14(16)18-12/h6-7,9,17H,2-5,8H2,1H3,(H4,15,16,18,19). The lowest BCUT2D eigenvalue weighted by Gasteiger charge is -2.08. The number of hydrogen-bond donors (Lipinski definition) is 3. The van der Waals surface area contributed by atoms with Crippen molar-refractivity contribution in [3.63, 3.8) is 0 Å². The van der Waals surface area contributed by atoms with Crippen molar-refractivity contribution in [1.82, 2.24) is 9.97 Å². The summed E-state index contributed by atoms with van der Waals surface area (Å²) in [7, 11) is 0. The highest BCUT2D eigenvalue weighted by Gasteiger charge is 2.04. The molecule has 0 bridgehead atoms. The smallest absolute Gasteiger partial charge is 0.222 e. The number of nitrogens with one attached hydrogen (secondary N) is 1. The monoisotopic (exact) mass is 259 g/mol. The van der Waals surface area contributed by atoms with E-state index in [1.165, 1.54) is 25.7 Å². The number of anilines is 3. The van der Waals surface area contributed by atoms with Crippen molar-refractivity contribution in [3.05, 3.63) is 18.2 Å². The van der Waals surface area contributed by atoms with Crippen LogP contribution in [0.3, 0.4) is 0 Å². The third kappa shape index (κ3) is 3.47. The van der Waals surface area contributed by atoms with Gasteiger partial charge in [0.05, 0.1) is 5.52 Å². The topological polar surface area (TPSA) is 89.8 Å². The molecule has 0 radical (unpaired) electrons. The van der Waals surface area contributed by atoms with Gasteiger partial charge in [0.25, 0.3) is 0 Å². The van der Waals surface area contributed by atoms with Crippen molar-refractivity contribution in [2.75, 3.05) is 23.3 Å². The number of nitrogens with two attached hydrogens (primary N) is 2. The summed E-state index contributed by atoms with van der Waals surface area (Å²) >= 11 is 0. The van der Waals surface area contributed by atoms with Crippen molar-refractivity contribution in [3.8, 4) is 0 Å². The lowest BCUT2D eigenvalue weighted by atomic mass is 10.2. The zero-order chi connectivity index (χ0) is 13.7. The summed E-state index contributed by atoms with van der Waals surface area (Å²) < 4.78 is 0. The largest absolute Gasteiger partial charge is 0.385 e. The van der Waals surface area contributed by atoms with Crippen molar-refractivity contribution in [2.45, 2.75) is 32.6 Å². The summed E-state index contributed by atoms with van der Waals surface area (Å²) in [6, 6.07) is 5.88. The summed E-state index contributed by atoms with van der Waals surface area (Å²) in [6.45, 7) is 3.19. The molecule has 0 unspecified atom stereocenters. The molecule has 1 aromatic heterocycles. The molecule has 1 heterocycles. The van der Waals surface area contributed by atoms with Gasteiger partial charge in [-0.25, -0.2) is 4.98 Å². The van der Waals surface area contributed by atoms with E-state index in [2.05, 4.69) is 22.2 Å². The van der Waals surface area contributed by atoms with E-state index in [0.29, 0.717) is 5.82 Å². The Kier molecular flexibility index (Phi) is 4.39. The minimum absolute atomic E-state index is 0.213. The third-order valence-electron chi connectivity index (χ3n) is 3.10. The van der Waals surface area contributed by atoms with Crippen LogP contribution in [-0.2, 0) is 0 Å². The summed E-state index contributed by atoms with van der Waals surface area (Å²) in [5, 5.41) is 4.24. The number of aromatic nitrogens is 2. The van der Waals surface area contributed by atoms with E-state index in [0.717, 1.165) is 23.1 Å². The Morgan fingerprint density at radius 1 is 1.11 bits per heavy atom. The van der Waals surface area contributed by atoms with Gasteiger partial charge >= 0.3 is 0 Å². The Bertz CT molecular complexity index is 553. The Morgan fingerprint density at radius 3 is 2.74 bits per heavy atom. The molecule has 2 rings (SSSR count). The molecule has 5 nitrogen and oxygen atoms in total. The van der Waals surface area contributed by atoms with Gasteiger partial charge in [0, 0.05) is 17.6 Å². The molecule has 0 atom stereocenters. The maximum absolute atomic E-state index is 5.86. The van der Waals surface area contributed by atoms with Crippen LogP contribution in [0.2, 0.25) is 0 Å². The summed E-state index contributed by atoms with van der Waals surface area (Å²) in [5.74, 6) is 0.641. The first-order valence-electron chi connectivity index (χ1n) is 6.77. The maximum atomic E-state index is 5.86. The minimum Gasteiger partial charge on any atom is -0.385 e. The van der Waals surface area contributed by atoms with Crippen LogP contribution in [0.15, 0.2) is 18.2 Å². The van der Waals surface area contributed by atoms with E-state index in [-0.39, 0.29) is 5.95 Å². The normalized spacial score (nSPS) is 10.8. The van der Waals surface area contributed by atoms with Gasteiger partial charge in [0.1, 0.15) is 5.82 Å². The van der Waals surface area contributed by atoms with E-state index in [1.807, 2.05) is 18.2 Å². The van der Waals surface area contributed by atoms with Crippen molar-refractivity contribution >= 4 is 28.4 Å². The quantitative estimate of drug-likeness (QED) is 0.694. The van der Waals surface area contributed by atoms with Crippen LogP contribution in [0, 0.1) is 0 Å². The lowest BCUT2D eigenvalue weighted by molar-refractivity contribution is 0.685. The molecule has 19 heavy (non-hydrogen) atoms. The molecule has 0 aliphatic heterocycles. The van der Waals surface area contributed by atoms with Crippen molar-refractivity contribution in [1.29, 1.82) is 0 Å². The van der Waals surface area contributed by atoms with Crippen LogP contribution in [-0.4, -0.2) is 16.5 Å². The highest BCUT2D eigenvalue weighted by Crippen LogP contribution is 2.22. The first kappa shape index (κ1) is 13.4. The van der Waals surface area contributed by atoms with E-state index < -0.39 is 0 Å². The SMILES string of the molecule is CCCCCCNc1ccc2nc(N)nc(N)c2c1.